The predicted octanol–water partition coefficient (Wildman–Crippen LogP) is 1.43. The molecule has 11 heavy (non-hydrogen) atoms. The number of ether oxygens (including phenoxy) is 1. The molecule has 62 valence electrons. The maximum absolute atomic E-state index is 9.44. The summed E-state index contributed by atoms with van der Waals surface area (Å²) in [6.07, 6.45) is 1.84. The first-order valence-electron chi connectivity index (χ1n) is 4.06. The Bertz CT molecular complexity index is 121. The first-order chi connectivity index (χ1) is 5.29. The predicted molar refractivity (Wildman–Crippen MR) is 40.2 cm³/mol. The summed E-state index contributed by atoms with van der Waals surface area (Å²) in [7, 11) is 7.51. The number of rotatable bonds is 3. The van der Waals surface area contributed by atoms with Gasteiger partial charge in [-0.1, -0.05) is 0 Å². The van der Waals surface area contributed by atoms with Crippen LogP contribution in [0.15, 0.2) is 0 Å². The van der Waals surface area contributed by atoms with Crippen LogP contribution in [-0.2, 0) is 28.1 Å². The maximum atomic E-state index is 9.44. The van der Waals surface area contributed by atoms with Gasteiger partial charge in [-0.3, -0.25) is 0 Å². The van der Waals surface area contributed by atoms with Crippen molar-refractivity contribution in [3.63, 3.8) is 0 Å². The van der Waals surface area contributed by atoms with Gasteiger partial charge in [-0.25, -0.2) is 0 Å². The number of aliphatic hydroxyl groups is 1. The zero-order chi connectivity index (χ0) is 8.27. The van der Waals surface area contributed by atoms with E-state index in [-0.39, 0.29) is 12.2 Å². The molecule has 0 aromatic rings. The van der Waals surface area contributed by atoms with E-state index < -0.39 is 23.3 Å². The molecule has 1 fully saturated rings. The Morgan fingerprint density at radius 1 is 1.64 bits per heavy atom. The third-order valence-corrected chi connectivity index (χ3v) is 8.08. The van der Waals surface area contributed by atoms with Crippen molar-refractivity contribution in [2.45, 2.75) is 29.0 Å². The van der Waals surface area contributed by atoms with E-state index in [1.54, 1.807) is 7.11 Å². The monoisotopic (exact) mass is 366 g/mol. The van der Waals surface area contributed by atoms with E-state index in [9.17, 15) is 5.11 Å². The Kier molecular flexibility index (Phi) is 4.65. The van der Waals surface area contributed by atoms with Gasteiger partial charge in [0, 0.05) is 0 Å². The van der Waals surface area contributed by atoms with Crippen LogP contribution in [0.3, 0.4) is 0 Å². The van der Waals surface area contributed by atoms with Crippen LogP contribution in [0, 0.1) is 5.92 Å². The van der Waals surface area contributed by atoms with Gasteiger partial charge in [0.2, 0.25) is 0 Å². The molecule has 0 amide bonds. The third kappa shape index (κ3) is 2.54. The Labute approximate surface area is 83.1 Å². The van der Waals surface area contributed by atoms with E-state index in [0.29, 0.717) is 5.92 Å². The number of methoxy groups -OCH3 is 1. The van der Waals surface area contributed by atoms with Crippen molar-refractivity contribution in [2.75, 3.05) is 7.11 Å². The molecule has 1 rings (SSSR count). The molecule has 0 bridgehead atoms. The minimum absolute atomic E-state index is 0.0775. The van der Waals surface area contributed by atoms with E-state index in [1.807, 2.05) is 0 Å². The molecule has 0 radical (unpaired) electrons. The first kappa shape index (κ1) is 10.2. The Morgan fingerprint density at radius 3 is 2.91 bits per heavy atom. The van der Waals surface area contributed by atoms with Crippen LogP contribution in [0.2, 0.25) is 3.93 Å². The zero-order valence-corrected chi connectivity index (χ0v) is 13.0. The molecule has 0 spiro atoms. The van der Waals surface area contributed by atoms with Crippen molar-refractivity contribution in [1.82, 2.24) is 0 Å². The van der Waals surface area contributed by atoms with Crippen LogP contribution in [0.25, 0.3) is 0 Å². The summed E-state index contributed by atoms with van der Waals surface area (Å²) in [6.45, 7) is 0. The van der Waals surface area contributed by atoms with E-state index in [0.717, 1.165) is 12.8 Å². The number of hydrogen-bond donors (Lipinski definition) is 1. The van der Waals surface area contributed by atoms with Gasteiger partial charge in [0.1, 0.15) is 0 Å². The molecule has 0 aromatic heterocycles. The number of hydrogen-bond acceptors (Lipinski definition) is 2. The molecule has 1 aliphatic rings. The van der Waals surface area contributed by atoms with Crippen molar-refractivity contribution in [3.05, 3.63) is 0 Å². The number of aliphatic hydroxyl groups excluding tert-OH is 1. The summed E-state index contributed by atoms with van der Waals surface area (Å²) in [4.78, 5) is 0. The summed E-state index contributed by atoms with van der Waals surface area (Å²) < 4.78 is 6.39. The number of halogens is 1. The molecule has 1 saturated carbocycles. The molecule has 2 nitrogen and oxygen atoms in total. The molecular formula is C7H13ClHgO2. The van der Waals surface area contributed by atoms with Gasteiger partial charge in [-0.05, 0) is 0 Å². The normalized spacial score (nSPS) is 37.2. The van der Waals surface area contributed by atoms with Crippen molar-refractivity contribution in [3.8, 4) is 0 Å². The van der Waals surface area contributed by atoms with Gasteiger partial charge in [-0.15, -0.1) is 0 Å². The summed E-state index contributed by atoms with van der Waals surface area (Å²) in [5.74, 6) is 0.564. The Morgan fingerprint density at radius 2 is 2.36 bits per heavy atom. The molecule has 4 heteroatoms. The Balaban J connectivity index is 2.40. The van der Waals surface area contributed by atoms with Crippen LogP contribution in [0.4, 0.5) is 0 Å². The van der Waals surface area contributed by atoms with Gasteiger partial charge in [0.15, 0.2) is 0 Å². The van der Waals surface area contributed by atoms with Crippen LogP contribution in [0.5, 0.6) is 0 Å². The second-order valence-electron chi connectivity index (χ2n) is 3.08. The first-order valence-corrected chi connectivity index (χ1v) is 14.7. The quantitative estimate of drug-likeness (QED) is 0.767. The van der Waals surface area contributed by atoms with Crippen molar-refractivity contribution in [2.24, 2.45) is 5.92 Å². The van der Waals surface area contributed by atoms with Gasteiger partial charge in [-0.2, -0.15) is 0 Å². The third-order valence-electron chi connectivity index (χ3n) is 2.43. The van der Waals surface area contributed by atoms with Crippen molar-refractivity contribution >= 4 is 8.25 Å². The minimum atomic E-state index is -1.04. The molecule has 3 atom stereocenters. The average molecular weight is 365 g/mol. The standard InChI is InChI=1S/C7H13O2.ClH.Hg/c1-5-3-4-6(8)7(5)9-2;;/h5-8H,1,3-4H2,2H3;1H;/q;;+1/p-1/t5-,6-,7+;;/m1../s1. The molecular weight excluding hydrogens is 352 g/mol. The second kappa shape index (κ2) is 5.00. The van der Waals surface area contributed by atoms with Crippen LogP contribution < -0.4 is 0 Å². The molecule has 0 aromatic carbocycles. The molecule has 1 aliphatic carbocycles. The van der Waals surface area contributed by atoms with E-state index in [2.05, 4.69) is 0 Å². The molecule has 0 unspecified atom stereocenters. The van der Waals surface area contributed by atoms with Gasteiger partial charge in [0.25, 0.3) is 0 Å². The zero-order valence-electron chi connectivity index (χ0n) is 6.79. The Hall–Kier alpha value is 1.15. The van der Waals surface area contributed by atoms with Gasteiger partial charge in [0.05, 0.1) is 0 Å². The van der Waals surface area contributed by atoms with Crippen LogP contribution in [0.1, 0.15) is 12.8 Å². The fraction of sp³-hybridized carbons (Fsp3) is 1.00. The SMILES string of the molecule is CO[C@H]1[C@H]([CH2][Hg][Cl])CC[C@H]1O. The topological polar surface area (TPSA) is 29.5 Å². The van der Waals surface area contributed by atoms with E-state index >= 15 is 0 Å². The van der Waals surface area contributed by atoms with Crippen molar-refractivity contribution < 1.29 is 33.2 Å². The summed E-state index contributed by atoms with van der Waals surface area (Å²) in [5.41, 5.74) is 0. The molecule has 0 saturated heterocycles. The van der Waals surface area contributed by atoms with E-state index in [1.165, 1.54) is 3.93 Å². The van der Waals surface area contributed by atoms with E-state index in [4.69, 9.17) is 13.0 Å². The summed E-state index contributed by atoms with van der Waals surface area (Å²) in [6, 6.07) is 0. The summed E-state index contributed by atoms with van der Waals surface area (Å²) in [5, 5.41) is 9.44. The summed E-state index contributed by atoms with van der Waals surface area (Å²) >= 11 is -1.04. The molecule has 1 N–H and O–H groups in total. The van der Waals surface area contributed by atoms with Crippen molar-refractivity contribution in [1.29, 1.82) is 0 Å². The fourth-order valence-electron chi connectivity index (χ4n) is 1.83. The average Bonchev–Trinajstić information content (AvgIpc) is 2.33. The molecule has 0 aliphatic heterocycles. The fourth-order valence-corrected chi connectivity index (χ4v) is 7.77. The van der Waals surface area contributed by atoms with Gasteiger partial charge >= 0.3 is 83.4 Å². The second-order valence-corrected chi connectivity index (χ2v) is 10.1. The van der Waals surface area contributed by atoms with Gasteiger partial charge < -0.3 is 0 Å². The van der Waals surface area contributed by atoms with Crippen LogP contribution >= 0.6 is 8.25 Å². The molecule has 0 heterocycles. The van der Waals surface area contributed by atoms with Crippen LogP contribution in [-0.4, -0.2) is 24.4 Å².